The van der Waals surface area contributed by atoms with Crippen molar-refractivity contribution in [3.8, 4) is 5.75 Å². The first-order valence-corrected chi connectivity index (χ1v) is 13.4. The second kappa shape index (κ2) is 11.4. The zero-order chi connectivity index (χ0) is 28.3. The molecule has 1 N–H and O–H groups in total. The Balaban J connectivity index is 0.000000411. The van der Waals surface area contributed by atoms with Crippen molar-refractivity contribution in [2.45, 2.75) is 33.0 Å². The Morgan fingerprint density at radius 3 is 2.20 bits per heavy atom. The highest BCUT2D eigenvalue weighted by Gasteiger charge is 2.24. The molecule has 0 aliphatic carbocycles. The molecule has 4 aromatic heterocycles. The van der Waals surface area contributed by atoms with Gasteiger partial charge in [-0.05, 0) is 57.6 Å². The minimum Gasteiger partial charge on any atom is -0.489 e. The summed E-state index contributed by atoms with van der Waals surface area (Å²) in [5.41, 5.74) is 4.53. The predicted octanol–water partition coefficient (Wildman–Crippen LogP) is 4.90. The number of hydrogen-bond donors (Lipinski definition) is 1. The number of pyridine rings is 1. The van der Waals surface area contributed by atoms with Crippen LogP contribution in [0.25, 0.3) is 16.4 Å². The molecule has 3 aromatic carbocycles. The van der Waals surface area contributed by atoms with E-state index in [1.807, 2.05) is 92.0 Å². The second-order valence-electron chi connectivity index (χ2n) is 11.0. The number of rotatable bonds is 7. The standard InChI is InChI=1S/C26H25N5O2.C5H10O2/c1-29-11-13-30(14-12-29)20-9-7-19(8-10-20)26(32)27-25-24-22-15-21(16-23(24)31(22)28-25)33-17-18-5-3-2-4-6-18;1-5(2,3)7-4-6/h2-10,15-16H,11-14,17H2,1H3,(H,27,28,32);4H,1-3H3. The van der Waals surface area contributed by atoms with Gasteiger partial charge < -0.3 is 24.6 Å². The number of anilines is 2. The zero-order valence-electron chi connectivity index (χ0n) is 23.4. The average Bonchev–Trinajstić information content (AvgIpc) is 3.50. The topological polar surface area (TPSA) is 88.4 Å². The van der Waals surface area contributed by atoms with E-state index < -0.39 is 0 Å². The molecule has 1 amide bonds. The van der Waals surface area contributed by atoms with Crippen LogP contribution in [-0.2, 0) is 16.1 Å². The lowest BCUT2D eigenvalue weighted by molar-refractivity contribution is -0.138. The highest BCUT2D eigenvalue weighted by atomic mass is 16.5. The molecule has 0 saturated carbocycles. The molecule has 8 rings (SSSR count). The molecule has 0 spiro atoms. The number of benzene rings is 3. The number of aromatic nitrogens is 2. The zero-order valence-corrected chi connectivity index (χ0v) is 23.4. The van der Waals surface area contributed by atoms with Crippen molar-refractivity contribution in [1.82, 2.24) is 14.5 Å². The molecule has 1 fully saturated rings. The third kappa shape index (κ3) is 6.10. The maximum atomic E-state index is 12.8. The van der Waals surface area contributed by atoms with Crippen LogP contribution < -0.4 is 15.0 Å². The molecule has 1 aliphatic rings. The van der Waals surface area contributed by atoms with Crippen molar-refractivity contribution in [2.75, 3.05) is 43.4 Å². The van der Waals surface area contributed by atoms with Crippen molar-refractivity contribution >= 4 is 40.3 Å². The van der Waals surface area contributed by atoms with Gasteiger partial charge in [-0.15, -0.1) is 5.10 Å². The van der Waals surface area contributed by atoms with E-state index in [-0.39, 0.29) is 11.5 Å². The number of nitrogens with one attached hydrogen (secondary N) is 1. The van der Waals surface area contributed by atoms with Crippen LogP contribution in [0.1, 0.15) is 36.7 Å². The predicted molar refractivity (Wildman–Crippen MR) is 157 cm³/mol. The van der Waals surface area contributed by atoms with Gasteiger partial charge in [-0.2, -0.15) is 0 Å². The number of ether oxygens (including phenoxy) is 2. The van der Waals surface area contributed by atoms with Gasteiger partial charge in [-0.1, -0.05) is 30.3 Å². The highest BCUT2D eigenvalue weighted by Crippen LogP contribution is 2.39. The normalized spacial score (nSPS) is 14.2. The van der Waals surface area contributed by atoms with Gasteiger partial charge in [-0.25, -0.2) is 4.52 Å². The van der Waals surface area contributed by atoms with Crippen LogP contribution in [0.3, 0.4) is 0 Å². The van der Waals surface area contributed by atoms with Gasteiger partial charge in [0.2, 0.25) is 0 Å². The fraction of sp³-hybridized carbons (Fsp3) is 0.323. The van der Waals surface area contributed by atoms with Crippen LogP contribution in [0.4, 0.5) is 11.5 Å². The number of piperazine rings is 1. The Hall–Kier alpha value is -4.37. The Labute approximate surface area is 233 Å². The molecule has 0 unspecified atom stereocenters. The lowest BCUT2D eigenvalue weighted by atomic mass is 10.1. The molecule has 208 valence electrons. The van der Waals surface area contributed by atoms with E-state index in [0.29, 0.717) is 24.5 Å². The summed E-state index contributed by atoms with van der Waals surface area (Å²) in [5, 5.41) is 8.48. The van der Waals surface area contributed by atoms with E-state index in [2.05, 4.69) is 32.0 Å². The summed E-state index contributed by atoms with van der Waals surface area (Å²) in [6.07, 6.45) is 0. The van der Waals surface area contributed by atoms with Crippen molar-refractivity contribution < 1.29 is 19.1 Å². The SMILES string of the molecule is CC(C)(C)OC=O.CN1CCN(c2ccc(C(=O)Nc3nn4c5cc(OCc6ccccc6)cc4c35)cc2)CC1. The van der Waals surface area contributed by atoms with Gasteiger partial charge in [0.1, 0.15) is 18.0 Å². The summed E-state index contributed by atoms with van der Waals surface area (Å²) < 4.78 is 12.3. The maximum absolute atomic E-state index is 12.8. The van der Waals surface area contributed by atoms with Crippen LogP contribution >= 0.6 is 0 Å². The minimum absolute atomic E-state index is 0.149. The van der Waals surface area contributed by atoms with E-state index in [1.165, 1.54) is 0 Å². The Kier molecular flexibility index (Phi) is 7.75. The first kappa shape index (κ1) is 27.2. The number of amides is 1. The molecule has 4 bridgehead atoms. The maximum Gasteiger partial charge on any atom is 0.293 e. The molecular formula is C31H35N5O4. The molecule has 5 heterocycles. The summed E-state index contributed by atoms with van der Waals surface area (Å²) >= 11 is 0. The molecule has 0 radical (unpaired) electrons. The van der Waals surface area contributed by atoms with Crippen molar-refractivity contribution in [3.05, 3.63) is 77.9 Å². The largest absolute Gasteiger partial charge is 0.489 e. The number of carbonyl (C=O) groups excluding carboxylic acids is 2. The molecule has 1 aliphatic heterocycles. The lowest BCUT2D eigenvalue weighted by Gasteiger charge is -2.34. The molecule has 9 heteroatoms. The van der Waals surface area contributed by atoms with Crippen LogP contribution in [0, 0.1) is 0 Å². The summed E-state index contributed by atoms with van der Waals surface area (Å²) in [4.78, 5) is 27.1. The first-order chi connectivity index (χ1) is 19.2. The van der Waals surface area contributed by atoms with Gasteiger partial charge in [0.05, 0.1) is 16.4 Å². The molecule has 40 heavy (non-hydrogen) atoms. The Morgan fingerprint density at radius 1 is 0.975 bits per heavy atom. The number of likely N-dealkylation sites (N-methyl/N-ethyl adjacent to an activating group) is 1. The number of nitrogens with zero attached hydrogens (tertiary/aromatic N) is 4. The summed E-state index contributed by atoms with van der Waals surface area (Å²) in [7, 11) is 2.15. The highest BCUT2D eigenvalue weighted by molar-refractivity contribution is 6.16. The van der Waals surface area contributed by atoms with Gasteiger partial charge in [0, 0.05) is 49.6 Å². The van der Waals surface area contributed by atoms with E-state index in [0.717, 1.165) is 59.6 Å². The van der Waals surface area contributed by atoms with Crippen LogP contribution in [0.2, 0.25) is 0 Å². The van der Waals surface area contributed by atoms with Crippen LogP contribution in [0.15, 0.2) is 66.7 Å². The van der Waals surface area contributed by atoms with E-state index >= 15 is 0 Å². The average molecular weight is 542 g/mol. The van der Waals surface area contributed by atoms with Crippen molar-refractivity contribution in [1.29, 1.82) is 0 Å². The minimum atomic E-state index is -0.318. The van der Waals surface area contributed by atoms with Crippen LogP contribution in [0.5, 0.6) is 5.75 Å². The molecule has 7 aromatic rings. The van der Waals surface area contributed by atoms with Gasteiger partial charge in [0.25, 0.3) is 12.4 Å². The van der Waals surface area contributed by atoms with E-state index in [1.54, 1.807) is 0 Å². The summed E-state index contributed by atoms with van der Waals surface area (Å²) in [5.74, 6) is 1.26. The number of hydrogen-bond acceptors (Lipinski definition) is 7. The van der Waals surface area contributed by atoms with Crippen molar-refractivity contribution in [2.24, 2.45) is 0 Å². The second-order valence-corrected chi connectivity index (χ2v) is 11.0. The Bertz CT molecular complexity index is 1500. The quantitative estimate of drug-likeness (QED) is 0.293. The van der Waals surface area contributed by atoms with Gasteiger partial charge in [0.15, 0.2) is 5.82 Å². The number of carbonyl (C=O) groups is 2. The Morgan fingerprint density at radius 2 is 1.62 bits per heavy atom. The van der Waals surface area contributed by atoms with Gasteiger partial charge in [-0.3, -0.25) is 9.59 Å². The smallest absolute Gasteiger partial charge is 0.293 e. The summed E-state index contributed by atoms with van der Waals surface area (Å²) in [6.45, 7) is 10.6. The molecular weight excluding hydrogens is 506 g/mol. The lowest BCUT2D eigenvalue weighted by Crippen LogP contribution is -2.44. The molecule has 1 saturated heterocycles. The third-order valence-corrected chi connectivity index (χ3v) is 6.84. The molecule has 9 nitrogen and oxygen atoms in total. The monoisotopic (exact) mass is 541 g/mol. The molecule has 0 atom stereocenters. The van der Waals surface area contributed by atoms with Gasteiger partial charge >= 0.3 is 0 Å². The van der Waals surface area contributed by atoms with Crippen LogP contribution in [-0.4, -0.2) is 65.7 Å². The van der Waals surface area contributed by atoms with E-state index in [4.69, 9.17) is 4.74 Å². The number of fused-ring (bicyclic) bond motifs is 3. The first-order valence-electron chi connectivity index (χ1n) is 13.4. The summed E-state index contributed by atoms with van der Waals surface area (Å²) in [6, 6.07) is 21.8. The fourth-order valence-corrected chi connectivity index (χ4v) is 4.62. The fourth-order valence-electron chi connectivity index (χ4n) is 4.62. The third-order valence-electron chi connectivity index (χ3n) is 6.84. The van der Waals surface area contributed by atoms with E-state index in [9.17, 15) is 9.59 Å². The van der Waals surface area contributed by atoms with Crippen molar-refractivity contribution in [3.63, 3.8) is 0 Å².